The Morgan fingerprint density at radius 2 is 2.10 bits per heavy atom. The van der Waals surface area contributed by atoms with Crippen LogP contribution in [0.4, 0.5) is 0 Å². The fourth-order valence-corrected chi connectivity index (χ4v) is 5.11. The van der Waals surface area contributed by atoms with Gasteiger partial charge >= 0.3 is 0 Å². The van der Waals surface area contributed by atoms with Gasteiger partial charge in [0.2, 0.25) is 5.91 Å². The van der Waals surface area contributed by atoms with E-state index in [-0.39, 0.29) is 29.4 Å². The quantitative estimate of drug-likeness (QED) is 0.747. The van der Waals surface area contributed by atoms with Crippen LogP contribution in [-0.4, -0.2) is 50.6 Å². The zero-order valence-corrected chi connectivity index (χ0v) is 13.8. The number of carbonyl (C=O) groups is 1. The van der Waals surface area contributed by atoms with Crippen molar-refractivity contribution in [2.24, 2.45) is 17.1 Å². The second kappa shape index (κ2) is 5.52. The minimum Gasteiger partial charge on any atom is -0.378 e. The molecule has 0 aromatic heterocycles. The standard InChI is InChI=1S/C14H26N2O4S/c1-4-20-11-7-14(15,13(11,2)3)12(17)16-8-10-5-6-21(18,19)9-10/h10-11H,4-9,15H2,1-3H3,(H,16,17). The van der Waals surface area contributed by atoms with E-state index in [0.29, 0.717) is 26.0 Å². The Morgan fingerprint density at radius 1 is 1.43 bits per heavy atom. The van der Waals surface area contributed by atoms with Gasteiger partial charge in [0.1, 0.15) is 5.54 Å². The lowest BCUT2D eigenvalue weighted by molar-refractivity contribution is -0.170. The van der Waals surface area contributed by atoms with Crippen molar-refractivity contribution in [1.82, 2.24) is 5.32 Å². The Bertz CT molecular complexity index is 517. The van der Waals surface area contributed by atoms with E-state index >= 15 is 0 Å². The molecule has 2 rings (SSSR count). The first-order chi connectivity index (χ1) is 9.62. The van der Waals surface area contributed by atoms with Crippen LogP contribution in [0, 0.1) is 11.3 Å². The van der Waals surface area contributed by atoms with Crippen LogP contribution in [0.25, 0.3) is 0 Å². The van der Waals surface area contributed by atoms with Crippen molar-refractivity contribution in [1.29, 1.82) is 0 Å². The summed E-state index contributed by atoms with van der Waals surface area (Å²) >= 11 is 0. The number of ether oxygens (including phenoxy) is 1. The van der Waals surface area contributed by atoms with Crippen molar-refractivity contribution < 1.29 is 17.9 Å². The van der Waals surface area contributed by atoms with Gasteiger partial charge in [0.05, 0.1) is 17.6 Å². The van der Waals surface area contributed by atoms with Crippen molar-refractivity contribution in [2.75, 3.05) is 24.7 Å². The molecule has 0 aromatic rings. The molecular formula is C14H26N2O4S. The minimum atomic E-state index is -2.91. The molecule has 3 atom stereocenters. The van der Waals surface area contributed by atoms with Crippen LogP contribution in [0.5, 0.6) is 0 Å². The molecule has 1 aliphatic carbocycles. The molecule has 7 heteroatoms. The van der Waals surface area contributed by atoms with Gasteiger partial charge in [-0.25, -0.2) is 8.42 Å². The Hall–Kier alpha value is -0.660. The zero-order valence-electron chi connectivity index (χ0n) is 13.0. The highest BCUT2D eigenvalue weighted by molar-refractivity contribution is 7.91. The second-order valence-corrected chi connectivity index (χ2v) is 9.05. The van der Waals surface area contributed by atoms with Crippen molar-refractivity contribution in [3.63, 3.8) is 0 Å². The van der Waals surface area contributed by atoms with E-state index in [4.69, 9.17) is 10.5 Å². The molecule has 2 fully saturated rings. The molecule has 1 aliphatic heterocycles. The van der Waals surface area contributed by atoms with E-state index in [1.54, 1.807) is 0 Å². The Labute approximate surface area is 126 Å². The molecule has 2 aliphatic rings. The molecule has 3 N–H and O–H groups in total. The molecule has 1 saturated heterocycles. The zero-order chi connectivity index (χ0) is 15.9. The highest BCUT2D eigenvalue weighted by Crippen LogP contribution is 2.49. The molecule has 1 heterocycles. The summed E-state index contributed by atoms with van der Waals surface area (Å²) in [5, 5.41) is 2.84. The third-order valence-corrected chi connectivity index (χ3v) is 6.95. The van der Waals surface area contributed by atoms with Gasteiger partial charge in [0.25, 0.3) is 0 Å². The first-order valence-corrected chi connectivity index (χ1v) is 9.34. The maximum absolute atomic E-state index is 12.4. The number of sulfone groups is 1. The molecule has 21 heavy (non-hydrogen) atoms. The van der Waals surface area contributed by atoms with Crippen LogP contribution in [-0.2, 0) is 19.4 Å². The summed E-state index contributed by atoms with van der Waals surface area (Å²) in [6.07, 6.45) is 1.11. The van der Waals surface area contributed by atoms with Gasteiger partial charge in [-0.2, -0.15) is 0 Å². The van der Waals surface area contributed by atoms with Crippen LogP contribution in [0.3, 0.4) is 0 Å². The molecule has 0 radical (unpaired) electrons. The third-order valence-electron chi connectivity index (χ3n) is 5.11. The van der Waals surface area contributed by atoms with Crippen LogP contribution in [0.15, 0.2) is 0 Å². The SMILES string of the molecule is CCOC1CC(N)(C(=O)NCC2CCS(=O)(=O)C2)C1(C)C. The maximum atomic E-state index is 12.4. The topological polar surface area (TPSA) is 98.5 Å². The molecule has 1 amide bonds. The van der Waals surface area contributed by atoms with Crippen molar-refractivity contribution in [3.05, 3.63) is 0 Å². The van der Waals surface area contributed by atoms with Crippen LogP contribution in [0.2, 0.25) is 0 Å². The first-order valence-electron chi connectivity index (χ1n) is 7.51. The summed E-state index contributed by atoms with van der Waals surface area (Å²) in [6.45, 7) is 6.79. The highest BCUT2D eigenvalue weighted by atomic mass is 32.2. The van der Waals surface area contributed by atoms with Gasteiger partial charge in [-0.05, 0) is 19.3 Å². The van der Waals surface area contributed by atoms with Crippen LogP contribution < -0.4 is 11.1 Å². The number of hydrogen-bond donors (Lipinski definition) is 2. The molecule has 0 aromatic carbocycles. The maximum Gasteiger partial charge on any atom is 0.240 e. The summed E-state index contributed by atoms with van der Waals surface area (Å²) < 4.78 is 28.4. The average molecular weight is 318 g/mol. The molecule has 122 valence electrons. The lowest BCUT2D eigenvalue weighted by atomic mass is 9.54. The number of rotatable bonds is 5. The Balaban J connectivity index is 1.89. The summed E-state index contributed by atoms with van der Waals surface area (Å²) in [4.78, 5) is 12.4. The first kappa shape index (κ1) is 16.7. The van der Waals surface area contributed by atoms with E-state index in [1.165, 1.54) is 0 Å². The summed E-state index contributed by atoms with van der Waals surface area (Å²) in [7, 11) is -2.91. The van der Waals surface area contributed by atoms with E-state index < -0.39 is 20.8 Å². The highest BCUT2D eigenvalue weighted by Gasteiger charge is 2.62. The Kier molecular flexibility index (Phi) is 4.39. The third kappa shape index (κ3) is 2.96. The average Bonchev–Trinajstić information content (AvgIpc) is 2.75. The number of nitrogens with one attached hydrogen (secondary N) is 1. The molecular weight excluding hydrogens is 292 g/mol. The van der Waals surface area contributed by atoms with E-state index in [2.05, 4.69) is 5.32 Å². The number of carbonyl (C=O) groups excluding carboxylic acids is 1. The smallest absolute Gasteiger partial charge is 0.240 e. The lowest BCUT2D eigenvalue weighted by Gasteiger charge is -2.57. The summed E-state index contributed by atoms with van der Waals surface area (Å²) in [6, 6.07) is 0. The molecule has 0 spiro atoms. The van der Waals surface area contributed by atoms with Gasteiger partial charge in [0, 0.05) is 25.0 Å². The van der Waals surface area contributed by atoms with Crippen molar-refractivity contribution in [2.45, 2.75) is 45.3 Å². The monoisotopic (exact) mass is 318 g/mol. The van der Waals surface area contributed by atoms with Crippen LogP contribution >= 0.6 is 0 Å². The summed E-state index contributed by atoms with van der Waals surface area (Å²) in [5.74, 6) is 0.191. The van der Waals surface area contributed by atoms with E-state index in [9.17, 15) is 13.2 Å². The normalized spacial score (nSPS) is 37.0. The number of amides is 1. The lowest BCUT2D eigenvalue weighted by Crippen LogP contribution is -2.75. The molecule has 1 saturated carbocycles. The predicted octanol–water partition coefficient (Wildman–Crippen LogP) is 0.0698. The van der Waals surface area contributed by atoms with E-state index in [1.807, 2.05) is 20.8 Å². The van der Waals surface area contributed by atoms with Crippen molar-refractivity contribution >= 4 is 15.7 Å². The van der Waals surface area contributed by atoms with E-state index in [0.717, 1.165) is 0 Å². The fraction of sp³-hybridized carbons (Fsp3) is 0.929. The largest absolute Gasteiger partial charge is 0.378 e. The number of nitrogens with two attached hydrogens (primary N) is 1. The van der Waals surface area contributed by atoms with Gasteiger partial charge in [-0.3, -0.25) is 4.79 Å². The van der Waals surface area contributed by atoms with Gasteiger partial charge in [-0.15, -0.1) is 0 Å². The second-order valence-electron chi connectivity index (χ2n) is 6.82. The van der Waals surface area contributed by atoms with Crippen LogP contribution in [0.1, 0.15) is 33.6 Å². The number of hydrogen-bond acceptors (Lipinski definition) is 5. The molecule has 6 nitrogen and oxygen atoms in total. The fourth-order valence-electron chi connectivity index (χ4n) is 3.25. The molecule has 3 unspecified atom stereocenters. The van der Waals surface area contributed by atoms with Gasteiger partial charge in [-0.1, -0.05) is 13.8 Å². The van der Waals surface area contributed by atoms with Gasteiger partial charge in [0.15, 0.2) is 9.84 Å². The molecule has 0 bridgehead atoms. The van der Waals surface area contributed by atoms with Crippen molar-refractivity contribution in [3.8, 4) is 0 Å². The Morgan fingerprint density at radius 3 is 2.57 bits per heavy atom. The summed E-state index contributed by atoms with van der Waals surface area (Å²) in [5.41, 5.74) is 4.91. The predicted molar refractivity (Wildman–Crippen MR) is 80.5 cm³/mol. The minimum absolute atomic E-state index is 0.00780. The van der Waals surface area contributed by atoms with Gasteiger partial charge < -0.3 is 15.8 Å².